The van der Waals surface area contributed by atoms with E-state index in [1.807, 2.05) is 31.2 Å². The monoisotopic (exact) mass is 622 g/mol. The van der Waals surface area contributed by atoms with E-state index < -0.39 is 18.3 Å². The van der Waals surface area contributed by atoms with Gasteiger partial charge < -0.3 is 14.2 Å². The van der Waals surface area contributed by atoms with Gasteiger partial charge in [-0.3, -0.25) is 4.79 Å². The lowest BCUT2D eigenvalue weighted by Crippen LogP contribution is -2.17. The Kier molecular flexibility index (Phi) is 15.2. The molecule has 0 amide bonds. The SMILES string of the molecule is CCCCCCCCC(C)C(=O)Oc1ccc(-c2ccc(C(=O)Oc3ccc([C@@H](COCCC(C)C)C(F)F)cc3)cc2)cc1. The Labute approximate surface area is 267 Å². The van der Waals surface area contributed by atoms with Crippen molar-refractivity contribution >= 4 is 11.9 Å². The van der Waals surface area contributed by atoms with E-state index in [9.17, 15) is 18.4 Å². The van der Waals surface area contributed by atoms with E-state index in [-0.39, 0.29) is 24.2 Å². The number of rotatable bonds is 19. The smallest absolute Gasteiger partial charge is 0.343 e. The van der Waals surface area contributed by atoms with Crippen LogP contribution < -0.4 is 9.47 Å². The molecule has 2 atom stereocenters. The molecule has 0 radical (unpaired) electrons. The van der Waals surface area contributed by atoms with Crippen molar-refractivity contribution in [1.29, 1.82) is 0 Å². The molecule has 7 heteroatoms. The van der Waals surface area contributed by atoms with E-state index in [2.05, 4.69) is 20.8 Å². The molecule has 5 nitrogen and oxygen atoms in total. The standard InChI is InChI=1S/C38H48F2O5/c1-5-6-7-8-9-10-11-28(4)37(41)44-33-20-16-30(17-21-33)29-12-14-32(15-13-29)38(42)45-34-22-18-31(19-23-34)35(36(39)40)26-43-25-24-27(2)3/h12-23,27-28,35-36H,5-11,24-26H2,1-4H3/t28?,35-/m1/s1. The zero-order valence-corrected chi connectivity index (χ0v) is 27.1. The van der Waals surface area contributed by atoms with Crippen molar-refractivity contribution in [3.05, 3.63) is 83.9 Å². The summed E-state index contributed by atoms with van der Waals surface area (Å²) in [5, 5.41) is 0. The molecule has 45 heavy (non-hydrogen) atoms. The summed E-state index contributed by atoms with van der Waals surface area (Å²) in [6, 6.07) is 20.4. The highest BCUT2D eigenvalue weighted by Gasteiger charge is 2.23. The van der Waals surface area contributed by atoms with Crippen LogP contribution in [0.25, 0.3) is 11.1 Å². The van der Waals surface area contributed by atoms with E-state index in [4.69, 9.17) is 14.2 Å². The van der Waals surface area contributed by atoms with Crippen LogP contribution in [0.15, 0.2) is 72.8 Å². The molecule has 0 bridgehead atoms. The Hall–Kier alpha value is -3.58. The Morgan fingerprint density at radius 1 is 0.689 bits per heavy atom. The minimum absolute atomic E-state index is 0.0672. The highest BCUT2D eigenvalue weighted by atomic mass is 19.3. The molecule has 0 spiro atoms. The Morgan fingerprint density at radius 3 is 1.84 bits per heavy atom. The van der Waals surface area contributed by atoms with Gasteiger partial charge in [-0.15, -0.1) is 0 Å². The minimum Gasteiger partial charge on any atom is -0.426 e. The molecule has 244 valence electrons. The fourth-order valence-corrected chi connectivity index (χ4v) is 4.87. The topological polar surface area (TPSA) is 61.8 Å². The normalized spacial score (nSPS) is 12.7. The summed E-state index contributed by atoms with van der Waals surface area (Å²) in [7, 11) is 0. The van der Waals surface area contributed by atoms with Crippen molar-refractivity contribution in [3.63, 3.8) is 0 Å². The fourth-order valence-electron chi connectivity index (χ4n) is 4.87. The van der Waals surface area contributed by atoms with Gasteiger partial charge in [-0.2, -0.15) is 0 Å². The van der Waals surface area contributed by atoms with Gasteiger partial charge in [-0.1, -0.05) is 103 Å². The predicted octanol–water partition coefficient (Wildman–Crippen LogP) is 10.3. The van der Waals surface area contributed by atoms with Gasteiger partial charge >= 0.3 is 11.9 Å². The number of hydrogen-bond acceptors (Lipinski definition) is 5. The lowest BCUT2D eigenvalue weighted by Gasteiger charge is -2.17. The fraction of sp³-hybridized carbons (Fsp3) is 0.474. The summed E-state index contributed by atoms with van der Waals surface area (Å²) in [6.07, 6.45) is 6.23. The molecular weight excluding hydrogens is 574 g/mol. The van der Waals surface area contributed by atoms with Gasteiger partial charge in [0.1, 0.15) is 11.5 Å². The summed E-state index contributed by atoms with van der Waals surface area (Å²) in [4.78, 5) is 25.2. The second kappa shape index (κ2) is 19.1. The number of ether oxygens (including phenoxy) is 3. The number of halogens is 2. The predicted molar refractivity (Wildman–Crippen MR) is 175 cm³/mol. The summed E-state index contributed by atoms with van der Waals surface area (Å²) >= 11 is 0. The second-order valence-electron chi connectivity index (χ2n) is 12.1. The van der Waals surface area contributed by atoms with Crippen LogP contribution in [0.5, 0.6) is 11.5 Å². The van der Waals surface area contributed by atoms with Crippen molar-refractivity contribution < 1.29 is 32.6 Å². The molecule has 3 aromatic carbocycles. The van der Waals surface area contributed by atoms with E-state index in [1.165, 1.54) is 37.8 Å². The van der Waals surface area contributed by atoms with Crippen molar-refractivity contribution in [2.24, 2.45) is 11.8 Å². The molecule has 0 saturated carbocycles. The van der Waals surface area contributed by atoms with Crippen LogP contribution in [0, 0.1) is 11.8 Å². The quantitative estimate of drug-likeness (QED) is 0.0756. The highest BCUT2D eigenvalue weighted by Crippen LogP contribution is 2.27. The molecule has 3 aromatic rings. The third-order valence-corrected chi connectivity index (χ3v) is 7.88. The third kappa shape index (κ3) is 12.4. The van der Waals surface area contributed by atoms with E-state index in [0.717, 1.165) is 36.8 Å². The van der Waals surface area contributed by atoms with E-state index in [1.54, 1.807) is 36.4 Å². The van der Waals surface area contributed by atoms with Crippen LogP contribution in [0.2, 0.25) is 0 Å². The van der Waals surface area contributed by atoms with Crippen molar-refractivity contribution in [2.75, 3.05) is 13.2 Å². The van der Waals surface area contributed by atoms with Gasteiger partial charge in [0.2, 0.25) is 6.43 Å². The molecule has 0 aromatic heterocycles. The Bertz CT molecular complexity index is 1290. The van der Waals surface area contributed by atoms with Crippen molar-refractivity contribution in [3.8, 4) is 22.6 Å². The average Bonchev–Trinajstić information content (AvgIpc) is 3.03. The number of hydrogen-bond donors (Lipinski definition) is 0. The number of carbonyl (C=O) groups is 2. The van der Waals surface area contributed by atoms with Crippen molar-refractivity contribution in [1.82, 2.24) is 0 Å². The first-order valence-corrected chi connectivity index (χ1v) is 16.3. The molecule has 0 aliphatic carbocycles. The number of alkyl halides is 2. The molecule has 3 rings (SSSR count). The first-order chi connectivity index (χ1) is 21.7. The van der Waals surface area contributed by atoms with Crippen LogP contribution in [-0.2, 0) is 9.53 Å². The van der Waals surface area contributed by atoms with Gasteiger partial charge in [0, 0.05) is 6.61 Å². The maximum absolute atomic E-state index is 13.6. The lowest BCUT2D eigenvalue weighted by atomic mass is 10.0. The molecule has 0 saturated heterocycles. The van der Waals surface area contributed by atoms with Gasteiger partial charge in [-0.25, -0.2) is 13.6 Å². The van der Waals surface area contributed by atoms with Crippen LogP contribution in [-0.4, -0.2) is 31.6 Å². The van der Waals surface area contributed by atoms with Crippen molar-refractivity contribution in [2.45, 2.75) is 91.4 Å². The molecule has 1 unspecified atom stereocenters. The molecule has 0 fully saturated rings. The first kappa shape index (κ1) is 35.9. The van der Waals surface area contributed by atoms with Crippen LogP contribution >= 0.6 is 0 Å². The largest absolute Gasteiger partial charge is 0.426 e. The third-order valence-electron chi connectivity index (χ3n) is 7.88. The molecule has 0 aliphatic heterocycles. The van der Waals surface area contributed by atoms with E-state index >= 15 is 0 Å². The highest BCUT2D eigenvalue weighted by molar-refractivity contribution is 5.91. The zero-order chi connectivity index (χ0) is 32.6. The molecule has 0 heterocycles. The number of esters is 2. The minimum atomic E-state index is -2.56. The van der Waals surface area contributed by atoms with Gasteiger partial charge in [0.05, 0.1) is 24.0 Å². The Morgan fingerprint density at radius 2 is 1.24 bits per heavy atom. The van der Waals surface area contributed by atoms with Gasteiger partial charge in [0.25, 0.3) is 0 Å². The summed E-state index contributed by atoms with van der Waals surface area (Å²) in [5.41, 5.74) is 2.59. The van der Waals surface area contributed by atoms with Crippen LogP contribution in [0.4, 0.5) is 8.78 Å². The Balaban J connectivity index is 1.49. The molecule has 0 N–H and O–H groups in total. The molecule has 0 aliphatic rings. The number of unbranched alkanes of at least 4 members (excludes halogenated alkanes) is 5. The maximum Gasteiger partial charge on any atom is 0.343 e. The summed E-state index contributed by atoms with van der Waals surface area (Å²) in [5.74, 6) is -0.735. The summed E-state index contributed by atoms with van der Waals surface area (Å²) < 4.78 is 43.8. The zero-order valence-electron chi connectivity index (χ0n) is 27.1. The van der Waals surface area contributed by atoms with Gasteiger partial charge in [-0.05, 0) is 71.8 Å². The maximum atomic E-state index is 13.6. The number of carbonyl (C=O) groups excluding carboxylic acids is 2. The van der Waals surface area contributed by atoms with Crippen LogP contribution in [0.3, 0.4) is 0 Å². The lowest BCUT2D eigenvalue weighted by molar-refractivity contribution is -0.138. The van der Waals surface area contributed by atoms with E-state index in [0.29, 0.717) is 29.4 Å². The first-order valence-electron chi connectivity index (χ1n) is 16.3. The van der Waals surface area contributed by atoms with Gasteiger partial charge in [0.15, 0.2) is 0 Å². The second-order valence-corrected chi connectivity index (χ2v) is 12.1. The summed E-state index contributed by atoms with van der Waals surface area (Å²) in [6.45, 7) is 8.60. The average molecular weight is 623 g/mol. The molecular formula is C38H48F2O5. The number of benzene rings is 3. The van der Waals surface area contributed by atoms with Crippen LogP contribution in [0.1, 0.15) is 101 Å².